The first-order valence-corrected chi connectivity index (χ1v) is 9.81. The molecule has 1 aromatic rings. The number of nitrogens with zero attached hydrogens (tertiary/aromatic N) is 1. The molecule has 6 nitrogen and oxygen atoms in total. The Bertz CT molecular complexity index is 634. The second-order valence-corrected chi connectivity index (χ2v) is 7.46. The minimum Gasteiger partial charge on any atom is -0.335 e. The van der Waals surface area contributed by atoms with E-state index in [9.17, 15) is 9.59 Å². The lowest BCUT2D eigenvalue weighted by Gasteiger charge is -2.36. The number of carbonyl (C=O) groups is 2. The normalized spacial score (nSPS) is 21.3. The molecule has 1 atom stereocenters. The van der Waals surface area contributed by atoms with Crippen molar-refractivity contribution in [1.82, 2.24) is 20.9 Å². The smallest absolute Gasteiger partial charge is 0.315 e. The topological polar surface area (TPSA) is 73.5 Å². The third kappa shape index (κ3) is 5.11. The summed E-state index contributed by atoms with van der Waals surface area (Å²) in [5.41, 5.74) is 1.00. The molecule has 1 heterocycles. The summed E-state index contributed by atoms with van der Waals surface area (Å²) in [5.74, 6) is -0.0738. The molecule has 3 amide bonds. The van der Waals surface area contributed by atoms with E-state index < -0.39 is 0 Å². The quantitative estimate of drug-likeness (QED) is 0.753. The maximum absolute atomic E-state index is 12.7. The first-order chi connectivity index (χ1) is 12.6. The molecular weight excluding hydrogens is 352 g/mol. The molecule has 0 aromatic heterocycles. The van der Waals surface area contributed by atoms with E-state index in [0.29, 0.717) is 18.1 Å². The Kier molecular flexibility index (Phi) is 6.74. The van der Waals surface area contributed by atoms with Crippen molar-refractivity contribution in [2.45, 2.75) is 44.2 Å². The highest BCUT2D eigenvalue weighted by Crippen LogP contribution is 2.24. The molecule has 1 unspecified atom stereocenters. The van der Waals surface area contributed by atoms with E-state index in [0.717, 1.165) is 37.8 Å². The Labute approximate surface area is 159 Å². The zero-order valence-corrected chi connectivity index (χ0v) is 15.7. The van der Waals surface area contributed by atoms with Crippen molar-refractivity contribution in [3.05, 3.63) is 34.9 Å². The molecule has 1 saturated heterocycles. The van der Waals surface area contributed by atoms with Crippen LogP contribution in [0, 0.1) is 0 Å². The Balaban J connectivity index is 1.54. The molecule has 1 aromatic carbocycles. The van der Waals surface area contributed by atoms with E-state index in [1.165, 1.54) is 6.42 Å². The third-order valence-electron chi connectivity index (χ3n) is 5.14. The van der Waals surface area contributed by atoms with E-state index in [-0.39, 0.29) is 30.6 Å². The molecule has 26 heavy (non-hydrogen) atoms. The third-order valence-corrected chi connectivity index (χ3v) is 5.37. The fourth-order valence-electron chi connectivity index (χ4n) is 3.76. The zero-order valence-electron chi connectivity index (χ0n) is 15.0. The summed E-state index contributed by atoms with van der Waals surface area (Å²) in [6.45, 7) is 2.05. The summed E-state index contributed by atoms with van der Waals surface area (Å²) in [4.78, 5) is 26.6. The summed E-state index contributed by atoms with van der Waals surface area (Å²) in [6.07, 6.45) is 5.61. The predicted octanol–water partition coefficient (Wildman–Crippen LogP) is 2.44. The van der Waals surface area contributed by atoms with Crippen molar-refractivity contribution < 1.29 is 9.59 Å². The van der Waals surface area contributed by atoms with Crippen molar-refractivity contribution in [3.8, 4) is 0 Å². The van der Waals surface area contributed by atoms with Gasteiger partial charge in [0.15, 0.2) is 0 Å². The Morgan fingerprint density at radius 1 is 1.23 bits per heavy atom. The second kappa shape index (κ2) is 9.24. The van der Waals surface area contributed by atoms with Gasteiger partial charge in [-0.15, -0.1) is 0 Å². The number of benzene rings is 1. The SMILES string of the molecule is O=C(NCC(=O)N1CCNCC1c1cccc(Cl)c1)NC1CCCCC1. The fourth-order valence-corrected chi connectivity index (χ4v) is 3.95. The molecule has 0 spiro atoms. The molecule has 0 radical (unpaired) electrons. The van der Waals surface area contributed by atoms with Gasteiger partial charge < -0.3 is 20.9 Å². The molecule has 142 valence electrons. The van der Waals surface area contributed by atoms with Gasteiger partial charge in [0.25, 0.3) is 0 Å². The first kappa shape index (κ1) is 19.0. The molecule has 2 fully saturated rings. The van der Waals surface area contributed by atoms with Crippen LogP contribution in [0.1, 0.15) is 43.7 Å². The number of amides is 3. The van der Waals surface area contributed by atoms with Gasteiger partial charge in [-0.1, -0.05) is 43.0 Å². The standard InChI is InChI=1S/C19H27ClN4O2/c20-15-6-4-5-14(11-15)17-12-21-9-10-24(17)18(25)13-22-19(26)23-16-7-2-1-3-8-16/h4-6,11,16-17,21H,1-3,7-10,12-13H2,(H2,22,23,26). The van der Waals surface area contributed by atoms with Gasteiger partial charge in [-0.05, 0) is 30.5 Å². The minimum absolute atomic E-state index is 0.00954. The number of piperazine rings is 1. The molecule has 3 rings (SSSR count). The van der Waals surface area contributed by atoms with Gasteiger partial charge in [0.2, 0.25) is 5.91 Å². The van der Waals surface area contributed by atoms with Gasteiger partial charge in [-0.3, -0.25) is 4.79 Å². The van der Waals surface area contributed by atoms with Crippen LogP contribution < -0.4 is 16.0 Å². The molecule has 3 N–H and O–H groups in total. The predicted molar refractivity (Wildman–Crippen MR) is 102 cm³/mol. The maximum Gasteiger partial charge on any atom is 0.315 e. The molecule has 1 saturated carbocycles. The number of hydrogen-bond donors (Lipinski definition) is 3. The van der Waals surface area contributed by atoms with Crippen LogP contribution in [0.3, 0.4) is 0 Å². The van der Waals surface area contributed by atoms with Gasteiger partial charge in [-0.25, -0.2) is 4.79 Å². The highest BCUT2D eigenvalue weighted by atomic mass is 35.5. The van der Waals surface area contributed by atoms with Gasteiger partial charge in [-0.2, -0.15) is 0 Å². The van der Waals surface area contributed by atoms with Crippen LogP contribution in [-0.2, 0) is 4.79 Å². The monoisotopic (exact) mass is 378 g/mol. The average molecular weight is 379 g/mol. The Morgan fingerprint density at radius 2 is 2.04 bits per heavy atom. The minimum atomic E-state index is -0.250. The zero-order chi connectivity index (χ0) is 18.4. The van der Waals surface area contributed by atoms with E-state index in [4.69, 9.17) is 11.6 Å². The van der Waals surface area contributed by atoms with E-state index in [1.807, 2.05) is 29.2 Å². The number of nitrogens with one attached hydrogen (secondary N) is 3. The molecule has 2 aliphatic rings. The van der Waals surface area contributed by atoms with Crippen molar-refractivity contribution in [3.63, 3.8) is 0 Å². The number of carbonyl (C=O) groups excluding carboxylic acids is 2. The van der Waals surface area contributed by atoms with Crippen LogP contribution in [0.4, 0.5) is 4.79 Å². The summed E-state index contributed by atoms with van der Waals surface area (Å²) >= 11 is 6.10. The lowest BCUT2D eigenvalue weighted by atomic mass is 9.96. The summed E-state index contributed by atoms with van der Waals surface area (Å²) in [6, 6.07) is 7.50. The van der Waals surface area contributed by atoms with Crippen LogP contribution >= 0.6 is 11.6 Å². The first-order valence-electron chi connectivity index (χ1n) is 9.43. The fraction of sp³-hybridized carbons (Fsp3) is 0.579. The number of rotatable bonds is 4. The highest BCUT2D eigenvalue weighted by Gasteiger charge is 2.28. The van der Waals surface area contributed by atoms with Gasteiger partial charge in [0.1, 0.15) is 0 Å². The number of hydrogen-bond acceptors (Lipinski definition) is 3. The van der Waals surface area contributed by atoms with Crippen LogP contribution in [-0.4, -0.2) is 49.1 Å². The summed E-state index contributed by atoms with van der Waals surface area (Å²) in [5, 5.41) is 9.68. The maximum atomic E-state index is 12.7. The summed E-state index contributed by atoms with van der Waals surface area (Å²) < 4.78 is 0. The lowest BCUT2D eigenvalue weighted by Crippen LogP contribution is -2.52. The molecule has 1 aliphatic heterocycles. The van der Waals surface area contributed by atoms with Crippen molar-refractivity contribution >= 4 is 23.5 Å². The number of urea groups is 1. The highest BCUT2D eigenvalue weighted by molar-refractivity contribution is 6.30. The van der Waals surface area contributed by atoms with Crippen molar-refractivity contribution in [1.29, 1.82) is 0 Å². The van der Waals surface area contributed by atoms with Gasteiger partial charge >= 0.3 is 6.03 Å². The molecular formula is C19H27ClN4O2. The van der Waals surface area contributed by atoms with Gasteiger partial charge in [0.05, 0.1) is 12.6 Å². The van der Waals surface area contributed by atoms with E-state index >= 15 is 0 Å². The Hall–Kier alpha value is -1.79. The second-order valence-electron chi connectivity index (χ2n) is 7.02. The van der Waals surface area contributed by atoms with Crippen LogP contribution in [0.5, 0.6) is 0 Å². The van der Waals surface area contributed by atoms with Gasteiger partial charge in [0, 0.05) is 30.7 Å². The molecule has 1 aliphatic carbocycles. The lowest BCUT2D eigenvalue weighted by molar-refractivity contribution is -0.133. The van der Waals surface area contributed by atoms with Crippen LogP contribution in [0.2, 0.25) is 5.02 Å². The average Bonchev–Trinajstić information content (AvgIpc) is 2.67. The van der Waals surface area contributed by atoms with E-state index in [2.05, 4.69) is 16.0 Å². The molecule has 0 bridgehead atoms. The summed E-state index contributed by atoms with van der Waals surface area (Å²) in [7, 11) is 0. The van der Waals surface area contributed by atoms with Crippen molar-refractivity contribution in [2.24, 2.45) is 0 Å². The van der Waals surface area contributed by atoms with Crippen LogP contribution in [0.25, 0.3) is 0 Å². The molecule has 7 heteroatoms. The largest absolute Gasteiger partial charge is 0.335 e. The van der Waals surface area contributed by atoms with E-state index in [1.54, 1.807) is 0 Å². The number of halogens is 1. The van der Waals surface area contributed by atoms with Crippen LogP contribution in [0.15, 0.2) is 24.3 Å². The Morgan fingerprint density at radius 3 is 2.81 bits per heavy atom. The van der Waals surface area contributed by atoms with Crippen molar-refractivity contribution in [2.75, 3.05) is 26.2 Å².